The first-order valence-corrected chi connectivity index (χ1v) is 7.33. The molecule has 4 heteroatoms. The Morgan fingerprint density at radius 1 is 1.10 bits per heavy atom. The first-order chi connectivity index (χ1) is 10.4. The fourth-order valence-corrected chi connectivity index (χ4v) is 3.21. The molecule has 3 heterocycles. The van der Waals surface area contributed by atoms with E-state index in [1.807, 2.05) is 6.20 Å². The number of rotatable bonds is 3. The normalized spacial score (nSPS) is 18.6. The second kappa shape index (κ2) is 5.22. The summed E-state index contributed by atoms with van der Waals surface area (Å²) < 4.78 is 2.36. The van der Waals surface area contributed by atoms with Gasteiger partial charge in [-0.25, -0.2) is 4.98 Å². The number of aromatic amines is 1. The van der Waals surface area contributed by atoms with E-state index in [9.17, 15) is 0 Å². The predicted octanol–water partition coefficient (Wildman–Crippen LogP) is 2.82. The monoisotopic (exact) mass is 278 g/mol. The van der Waals surface area contributed by atoms with Crippen molar-refractivity contribution in [1.29, 1.82) is 0 Å². The molecule has 0 bridgehead atoms. The van der Waals surface area contributed by atoms with Gasteiger partial charge >= 0.3 is 0 Å². The average Bonchev–Trinajstić information content (AvgIpc) is 3.19. The third-order valence-corrected chi connectivity index (χ3v) is 4.18. The van der Waals surface area contributed by atoms with Gasteiger partial charge in [-0.05, 0) is 17.7 Å². The summed E-state index contributed by atoms with van der Waals surface area (Å²) in [6.07, 6.45) is 5.84. The highest BCUT2D eigenvalue weighted by Crippen LogP contribution is 2.32. The maximum absolute atomic E-state index is 4.13. The van der Waals surface area contributed by atoms with Gasteiger partial charge in [0, 0.05) is 43.4 Å². The van der Waals surface area contributed by atoms with Crippen molar-refractivity contribution in [2.75, 3.05) is 6.54 Å². The Labute approximate surface area is 124 Å². The van der Waals surface area contributed by atoms with E-state index in [2.05, 4.69) is 68.1 Å². The van der Waals surface area contributed by atoms with Gasteiger partial charge in [0.25, 0.3) is 0 Å². The second-order valence-corrected chi connectivity index (χ2v) is 5.49. The van der Waals surface area contributed by atoms with Crippen LogP contribution in [0.1, 0.15) is 23.0 Å². The minimum absolute atomic E-state index is 0.304. The lowest BCUT2D eigenvalue weighted by atomic mass is 10.00. The molecule has 1 aromatic carbocycles. The van der Waals surface area contributed by atoms with E-state index in [4.69, 9.17) is 0 Å². The number of hydrogen-bond acceptors (Lipinski definition) is 2. The Kier molecular flexibility index (Phi) is 3.09. The molecular formula is C17H18N4. The van der Waals surface area contributed by atoms with Gasteiger partial charge in [0.05, 0.1) is 12.4 Å². The summed E-state index contributed by atoms with van der Waals surface area (Å²) in [7, 11) is 0. The molecule has 3 aromatic rings. The van der Waals surface area contributed by atoms with Crippen LogP contribution in [-0.2, 0) is 13.1 Å². The highest BCUT2D eigenvalue weighted by Gasteiger charge is 2.28. The third-order valence-electron chi connectivity index (χ3n) is 4.18. The van der Waals surface area contributed by atoms with Crippen LogP contribution < -0.4 is 0 Å². The summed E-state index contributed by atoms with van der Waals surface area (Å²) in [5.74, 6) is 0. The Hall–Kier alpha value is -2.33. The molecule has 4 rings (SSSR count). The SMILES string of the molecule is c1ccc([C@H]2c3cccn3CCN2Cc2cnc[nH]2)cc1. The Morgan fingerprint density at radius 3 is 2.81 bits per heavy atom. The fraction of sp³-hybridized carbons (Fsp3) is 0.235. The van der Waals surface area contributed by atoms with Crippen LogP contribution in [0.25, 0.3) is 0 Å². The van der Waals surface area contributed by atoms with Crippen molar-refractivity contribution in [1.82, 2.24) is 19.4 Å². The van der Waals surface area contributed by atoms with E-state index < -0.39 is 0 Å². The van der Waals surface area contributed by atoms with Gasteiger partial charge in [0.2, 0.25) is 0 Å². The molecule has 0 radical (unpaired) electrons. The smallest absolute Gasteiger partial charge is 0.0922 e. The number of benzene rings is 1. The van der Waals surface area contributed by atoms with Gasteiger partial charge in [0.1, 0.15) is 0 Å². The lowest BCUT2D eigenvalue weighted by Crippen LogP contribution is -2.38. The summed E-state index contributed by atoms with van der Waals surface area (Å²) in [6.45, 7) is 2.98. The van der Waals surface area contributed by atoms with Crippen LogP contribution in [0.2, 0.25) is 0 Å². The van der Waals surface area contributed by atoms with Gasteiger partial charge in [-0.15, -0.1) is 0 Å². The molecule has 0 unspecified atom stereocenters. The summed E-state index contributed by atoms with van der Waals surface area (Å²) in [4.78, 5) is 9.86. The first kappa shape index (κ1) is 12.4. The summed E-state index contributed by atoms with van der Waals surface area (Å²) in [5, 5.41) is 0. The second-order valence-electron chi connectivity index (χ2n) is 5.49. The van der Waals surface area contributed by atoms with Gasteiger partial charge in [-0.2, -0.15) is 0 Å². The molecule has 21 heavy (non-hydrogen) atoms. The number of nitrogens with zero attached hydrogens (tertiary/aromatic N) is 3. The molecule has 4 nitrogen and oxygen atoms in total. The molecule has 106 valence electrons. The molecule has 0 saturated heterocycles. The zero-order valence-electron chi connectivity index (χ0n) is 11.8. The Balaban J connectivity index is 1.73. The fourth-order valence-electron chi connectivity index (χ4n) is 3.21. The molecule has 0 aliphatic carbocycles. The number of hydrogen-bond donors (Lipinski definition) is 1. The van der Waals surface area contributed by atoms with Crippen molar-refractivity contribution in [3.8, 4) is 0 Å². The number of aromatic nitrogens is 3. The van der Waals surface area contributed by atoms with Crippen molar-refractivity contribution in [2.45, 2.75) is 19.1 Å². The van der Waals surface area contributed by atoms with Crippen LogP contribution in [0.4, 0.5) is 0 Å². The largest absolute Gasteiger partial charge is 0.348 e. The zero-order valence-corrected chi connectivity index (χ0v) is 11.8. The molecule has 2 aromatic heterocycles. The molecule has 1 aliphatic heterocycles. The number of nitrogens with one attached hydrogen (secondary N) is 1. The van der Waals surface area contributed by atoms with Crippen LogP contribution in [0.3, 0.4) is 0 Å². The minimum Gasteiger partial charge on any atom is -0.348 e. The van der Waals surface area contributed by atoms with Gasteiger partial charge in [-0.1, -0.05) is 30.3 Å². The Bertz CT molecular complexity index is 699. The van der Waals surface area contributed by atoms with Crippen molar-refractivity contribution >= 4 is 0 Å². The van der Waals surface area contributed by atoms with Gasteiger partial charge in [-0.3, -0.25) is 4.90 Å². The van der Waals surface area contributed by atoms with Crippen molar-refractivity contribution in [3.05, 3.63) is 78.1 Å². The van der Waals surface area contributed by atoms with Crippen molar-refractivity contribution in [3.63, 3.8) is 0 Å². The molecule has 1 N–H and O–H groups in total. The lowest BCUT2D eigenvalue weighted by Gasteiger charge is -2.37. The lowest BCUT2D eigenvalue weighted by molar-refractivity contribution is 0.173. The van der Waals surface area contributed by atoms with Crippen LogP contribution in [0.5, 0.6) is 0 Å². The standard InChI is InChI=1S/C17H18N4/c1-2-5-14(6-3-1)17-16-7-4-8-20(16)9-10-21(17)12-15-11-18-13-19-15/h1-8,11,13,17H,9-10,12H2,(H,18,19)/t17-/m0/s1. The molecular weight excluding hydrogens is 260 g/mol. The molecule has 0 spiro atoms. The van der Waals surface area contributed by atoms with E-state index in [1.54, 1.807) is 6.33 Å². The quantitative estimate of drug-likeness (QED) is 0.800. The van der Waals surface area contributed by atoms with Crippen LogP contribution >= 0.6 is 0 Å². The number of fused-ring (bicyclic) bond motifs is 1. The zero-order chi connectivity index (χ0) is 14.1. The van der Waals surface area contributed by atoms with Crippen LogP contribution in [-0.4, -0.2) is 26.0 Å². The first-order valence-electron chi connectivity index (χ1n) is 7.33. The van der Waals surface area contributed by atoms with Crippen molar-refractivity contribution in [2.24, 2.45) is 0 Å². The third kappa shape index (κ3) is 2.28. The Morgan fingerprint density at radius 2 is 2.00 bits per heavy atom. The van der Waals surface area contributed by atoms with E-state index in [0.717, 1.165) is 25.3 Å². The molecule has 0 amide bonds. The number of H-pyrrole nitrogens is 1. The predicted molar refractivity (Wildman–Crippen MR) is 81.7 cm³/mol. The maximum Gasteiger partial charge on any atom is 0.0922 e. The van der Waals surface area contributed by atoms with E-state index in [1.165, 1.54) is 11.3 Å². The number of imidazole rings is 1. The van der Waals surface area contributed by atoms with E-state index in [0.29, 0.717) is 6.04 Å². The van der Waals surface area contributed by atoms with Gasteiger partial charge < -0.3 is 9.55 Å². The summed E-state index contributed by atoms with van der Waals surface area (Å²) in [6, 6.07) is 15.4. The van der Waals surface area contributed by atoms with Gasteiger partial charge in [0.15, 0.2) is 0 Å². The summed E-state index contributed by atoms with van der Waals surface area (Å²) in [5.41, 5.74) is 3.87. The summed E-state index contributed by atoms with van der Waals surface area (Å²) >= 11 is 0. The van der Waals surface area contributed by atoms with E-state index >= 15 is 0 Å². The van der Waals surface area contributed by atoms with Crippen LogP contribution in [0, 0.1) is 0 Å². The van der Waals surface area contributed by atoms with Crippen molar-refractivity contribution < 1.29 is 0 Å². The highest BCUT2D eigenvalue weighted by atomic mass is 15.2. The topological polar surface area (TPSA) is 36.9 Å². The molecule has 0 fully saturated rings. The average molecular weight is 278 g/mol. The van der Waals surface area contributed by atoms with Crippen LogP contribution in [0.15, 0.2) is 61.2 Å². The van der Waals surface area contributed by atoms with E-state index in [-0.39, 0.29) is 0 Å². The highest BCUT2D eigenvalue weighted by molar-refractivity contribution is 5.30. The molecule has 1 atom stereocenters. The molecule has 0 saturated carbocycles. The molecule has 1 aliphatic rings. The maximum atomic E-state index is 4.13. The minimum atomic E-state index is 0.304.